The lowest BCUT2D eigenvalue weighted by Crippen LogP contribution is -2.37. The fourth-order valence-electron chi connectivity index (χ4n) is 7.24. The van der Waals surface area contributed by atoms with Gasteiger partial charge in [-0.15, -0.1) is 0 Å². The van der Waals surface area contributed by atoms with Gasteiger partial charge in [0.15, 0.2) is 0 Å². The van der Waals surface area contributed by atoms with E-state index in [9.17, 15) is 26.3 Å². The van der Waals surface area contributed by atoms with Crippen molar-refractivity contribution in [3.8, 4) is 5.75 Å². The van der Waals surface area contributed by atoms with Crippen LogP contribution in [0.4, 0.5) is 26.3 Å². The first-order chi connectivity index (χ1) is 18.5. The number of benzene rings is 1. The maximum Gasteiger partial charge on any atom is 0.419 e. The number of ether oxygens (including phenoxy) is 1. The highest BCUT2D eigenvalue weighted by molar-refractivity contribution is 5.30. The topological polar surface area (TPSA) is 9.23 Å². The lowest BCUT2D eigenvalue weighted by molar-refractivity contribution is -0.223. The molecule has 3 aliphatic rings. The Morgan fingerprint density at radius 3 is 1.82 bits per heavy atom. The largest absolute Gasteiger partial charge is 0.432 e. The molecule has 0 aromatic heterocycles. The molecule has 0 heterocycles. The molecule has 39 heavy (non-hydrogen) atoms. The molecule has 3 fully saturated rings. The zero-order valence-electron chi connectivity index (χ0n) is 23.1. The number of hydrogen-bond acceptors (Lipinski definition) is 1. The number of alkyl halides is 5. The molecule has 0 amide bonds. The first-order valence-corrected chi connectivity index (χ1v) is 15.2. The van der Waals surface area contributed by atoms with E-state index >= 15 is 0 Å². The van der Waals surface area contributed by atoms with Crippen LogP contribution < -0.4 is 4.74 Å². The molecule has 3 saturated carbocycles. The zero-order chi connectivity index (χ0) is 28.0. The molecule has 1 aromatic carbocycles. The highest BCUT2D eigenvalue weighted by Gasteiger charge is 2.44. The highest BCUT2D eigenvalue weighted by atomic mass is 19.4. The second-order valence-corrected chi connectivity index (χ2v) is 12.4. The van der Waals surface area contributed by atoms with E-state index in [0.717, 1.165) is 23.8 Å². The molecule has 3 aliphatic carbocycles. The maximum absolute atomic E-state index is 14.7. The van der Waals surface area contributed by atoms with Gasteiger partial charge >= 0.3 is 12.3 Å². The maximum atomic E-state index is 14.7. The quantitative estimate of drug-likeness (QED) is 0.216. The standard InChI is InChI=1S/C32H44F6O/c1-2-3-4-22-7-13-25(14-8-22)26-15-9-23(10-16-26)5-6-24-11-17-27(18-12-24)32(37,38)39-28-19-20-29(30(33)21-28)31(34,35)36/h5-6,19-27H,2-4,7-18H2,1H3/b6-5+. The number of halogens is 6. The highest BCUT2D eigenvalue weighted by Crippen LogP contribution is 2.44. The molecule has 0 spiro atoms. The molecule has 0 saturated heterocycles. The van der Waals surface area contributed by atoms with E-state index in [2.05, 4.69) is 19.1 Å². The second-order valence-electron chi connectivity index (χ2n) is 12.4. The molecule has 0 atom stereocenters. The van der Waals surface area contributed by atoms with Crippen LogP contribution in [-0.2, 0) is 6.18 Å². The Kier molecular flexibility index (Phi) is 10.4. The number of hydrogen-bond donors (Lipinski definition) is 0. The Labute approximate surface area is 229 Å². The molecule has 0 aliphatic heterocycles. The monoisotopic (exact) mass is 558 g/mol. The molecule has 0 N–H and O–H groups in total. The van der Waals surface area contributed by atoms with Crippen LogP contribution in [0.3, 0.4) is 0 Å². The van der Waals surface area contributed by atoms with Crippen molar-refractivity contribution in [2.45, 2.75) is 116 Å². The first-order valence-electron chi connectivity index (χ1n) is 15.2. The van der Waals surface area contributed by atoms with Gasteiger partial charge in [-0.25, -0.2) is 4.39 Å². The molecule has 0 bridgehead atoms. The van der Waals surface area contributed by atoms with Gasteiger partial charge in [0.1, 0.15) is 11.6 Å². The summed E-state index contributed by atoms with van der Waals surface area (Å²) < 4.78 is 86.2. The van der Waals surface area contributed by atoms with Crippen molar-refractivity contribution < 1.29 is 31.1 Å². The zero-order valence-corrected chi connectivity index (χ0v) is 23.1. The van der Waals surface area contributed by atoms with Crippen molar-refractivity contribution >= 4 is 0 Å². The fourth-order valence-corrected chi connectivity index (χ4v) is 7.24. The van der Waals surface area contributed by atoms with Gasteiger partial charge in [0, 0.05) is 6.07 Å². The van der Waals surface area contributed by atoms with Crippen molar-refractivity contribution in [3.05, 3.63) is 41.7 Å². The smallest absolute Gasteiger partial charge is 0.419 e. The lowest BCUT2D eigenvalue weighted by atomic mass is 9.68. The van der Waals surface area contributed by atoms with Crippen LogP contribution in [0.2, 0.25) is 0 Å². The van der Waals surface area contributed by atoms with Crippen LogP contribution >= 0.6 is 0 Å². The van der Waals surface area contributed by atoms with Gasteiger partial charge in [-0.3, -0.25) is 0 Å². The van der Waals surface area contributed by atoms with Crippen LogP contribution in [-0.4, -0.2) is 6.11 Å². The minimum atomic E-state index is -4.89. The molecular formula is C32H44F6O. The lowest BCUT2D eigenvalue weighted by Gasteiger charge is -2.37. The Morgan fingerprint density at radius 1 is 0.769 bits per heavy atom. The molecular weight excluding hydrogens is 514 g/mol. The van der Waals surface area contributed by atoms with Gasteiger partial charge in [0.2, 0.25) is 0 Å². The van der Waals surface area contributed by atoms with Crippen LogP contribution in [0.25, 0.3) is 0 Å². The van der Waals surface area contributed by atoms with E-state index in [1.807, 2.05) is 0 Å². The van der Waals surface area contributed by atoms with Crippen molar-refractivity contribution in [3.63, 3.8) is 0 Å². The summed E-state index contributed by atoms with van der Waals surface area (Å²) in [6, 6.07) is 1.58. The Bertz CT molecular complexity index is 917. The summed E-state index contributed by atoms with van der Waals surface area (Å²) in [6.07, 6.45) is 12.7. The van der Waals surface area contributed by atoms with Crippen molar-refractivity contribution in [2.24, 2.45) is 35.5 Å². The summed E-state index contributed by atoms with van der Waals surface area (Å²) >= 11 is 0. The molecule has 0 unspecified atom stereocenters. The number of rotatable bonds is 9. The van der Waals surface area contributed by atoms with Crippen molar-refractivity contribution in [2.75, 3.05) is 0 Å². The van der Waals surface area contributed by atoms with Gasteiger partial charge < -0.3 is 4.74 Å². The van der Waals surface area contributed by atoms with Gasteiger partial charge in [-0.1, -0.05) is 51.2 Å². The van der Waals surface area contributed by atoms with E-state index in [1.54, 1.807) is 0 Å². The normalized spacial score (nSPS) is 30.9. The van der Waals surface area contributed by atoms with Gasteiger partial charge in [-0.05, 0) is 106 Å². The summed E-state index contributed by atoms with van der Waals surface area (Å²) in [5, 5.41) is 0. The first kappa shape index (κ1) is 30.3. The Balaban J connectivity index is 1.17. The molecule has 0 radical (unpaired) electrons. The second kappa shape index (κ2) is 13.3. The van der Waals surface area contributed by atoms with E-state index in [-0.39, 0.29) is 18.8 Å². The van der Waals surface area contributed by atoms with Crippen LogP contribution in [0.1, 0.15) is 109 Å². The third-order valence-electron chi connectivity index (χ3n) is 9.74. The van der Waals surface area contributed by atoms with Crippen LogP contribution in [0.15, 0.2) is 30.4 Å². The molecule has 4 rings (SSSR count). The fraction of sp³-hybridized carbons (Fsp3) is 0.750. The van der Waals surface area contributed by atoms with E-state index in [4.69, 9.17) is 4.74 Å². The minimum absolute atomic E-state index is 0.261. The van der Waals surface area contributed by atoms with Crippen LogP contribution in [0.5, 0.6) is 5.75 Å². The summed E-state index contributed by atoms with van der Waals surface area (Å²) in [6.45, 7) is 2.28. The van der Waals surface area contributed by atoms with Gasteiger partial charge in [0.25, 0.3) is 0 Å². The minimum Gasteiger partial charge on any atom is -0.432 e. The number of allylic oxidation sites excluding steroid dienone is 2. The van der Waals surface area contributed by atoms with E-state index in [1.165, 1.54) is 70.6 Å². The third kappa shape index (κ3) is 8.42. The molecule has 1 aromatic rings. The summed E-state index contributed by atoms with van der Waals surface area (Å²) in [7, 11) is 0. The van der Waals surface area contributed by atoms with Crippen molar-refractivity contribution in [1.29, 1.82) is 0 Å². The predicted octanol–water partition coefficient (Wildman–Crippen LogP) is 11.0. The number of unbranched alkanes of at least 4 members (excludes halogenated alkanes) is 1. The average molecular weight is 559 g/mol. The van der Waals surface area contributed by atoms with Crippen molar-refractivity contribution in [1.82, 2.24) is 0 Å². The van der Waals surface area contributed by atoms with Crippen LogP contribution in [0, 0.1) is 41.3 Å². The molecule has 220 valence electrons. The summed E-state index contributed by atoms with van der Waals surface area (Å²) in [4.78, 5) is 0. The predicted molar refractivity (Wildman–Crippen MR) is 142 cm³/mol. The van der Waals surface area contributed by atoms with Gasteiger partial charge in [0.05, 0.1) is 11.5 Å². The molecule has 1 nitrogen and oxygen atoms in total. The summed E-state index contributed by atoms with van der Waals surface area (Å²) in [5.74, 6) is 0.329. The van der Waals surface area contributed by atoms with Gasteiger partial charge in [-0.2, -0.15) is 22.0 Å². The third-order valence-corrected chi connectivity index (χ3v) is 9.74. The average Bonchev–Trinajstić information content (AvgIpc) is 2.91. The van der Waals surface area contributed by atoms with E-state index in [0.29, 0.717) is 30.9 Å². The SMILES string of the molecule is CCCCC1CCC(C2CCC(/C=C/C3CCC(C(F)(F)Oc4ccc(C(F)(F)F)c(F)c4)CC3)CC2)CC1. The molecule has 7 heteroatoms. The summed E-state index contributed by atoms with van der Waals surface area (Å²) in [5.41, 5.74) is -1.50. The van der Waals surface area contributed by atoms with E-state index < -0.39 is 35.3 Å². The Morgan fingerprint density at radius 2 is 1.31 bits per heavy atom. The Hall–Kier alpha value is -1.66.